The maximum absolute atomic E-state index is 12.3. The Bertz CT molecular complexity index is 881. The number of ketones is 1. The van der Waals surface area contributed by atoms with Crippen LogP contribution in [0.5, 0.6) is 0 Å². The van der Waals surface area contributed by atoms with Gasteiger partial charge in [-0.1, -0.05) is 71.7 Å². The third-order valence-corrected chi connectivity index (χ3v) is 4.14. The first-order valence-electron chi connectivity index (χ1n) is 6.80. The Hall–Kier alpha value is -2.09. The number of carbonyl (C=O) groups excluding carboxylic acids is 1. The molecular weight excluding hydrogens is 315 g/mol. The molecule has 108 valence electrons. The highest BCUT2D eigenvalue weighted by Gasteiger charge is 2.03. The fourth-order valence-corrected chi connectivity index (χ4v) is 2.53. The minimum atomic E-state index is -0.0446. The van der Waals surface area contributed by atoms with E-state index < -0.39 is 0 Å². The largest absolute Gasteiger partial charge is 0.289 e. The van der Waals surface area contributed by atoms with E-state index in [0.29, 0.717) is 15.6 Å². The van der Waals surface area contributed by atoms with Gasteiger partial charge in [-0.15, -0.1) is 0 Å². The Morgan fingerprint density at radius 1 is 0.818 bits per heavy atom. The summed E-state index contributed by atoms with van der Waals surface area (Å²) in [4.78, 5) is 12.3. The van der Waals surface area contributed by atoms with Crippen LogP contribution in [0.15, 0.2) is 66.7 Å². The van der Waals surface area contributed by atoms with E-state index in [-0.39, 0.29) is 5.78 Å². The lowest BCUT2D eigenvalue weighted by molar-refractivity contribution is 0.104. The Morgan fingerprint density at radius 3 is 2.36 bits per heavy atom. The van der Waals surface area contributed by atoms with E-state index in [1.807, 2.05) is 48.5 Å². The number of rotatable bonds is 3. The number of fused-ring (bicyclic) bond motifs is 1. The Morgan fingerprint density at radius 2 is 1.59 bits per heavy atom. The van der Waals surface area contributed by atoms with Gasteiger partial charge in [-0.05, 0) is 40.6 Å². The van der Waals surface area contributed by atoms with Crippen molar-refractivity contribution >= 4 is 45.8 Å². The summed E-state index contributed by atoms with van der Waals surface area (Å²) < 4.78 is 0. The van der Waals surface area contributed by atoms with Crippen LogP contribution in [0.2, 0.25) is 10.0 Å². The average Bonchev–Trinajstić information content (AvgIpc) is 2.55. The normalized spacial score (nSPS) is 11.2. The predicted octanol–water partition coefficient (Wildman–Crippen LogP) is 6.04. The Kier molecular flexibility index (Phi) is 4.28. The molecule has 0 spiro atoms. The van der Waals surface area contributed by atoms with Crippen molar-refractivity contribution in [1.29, 1.82) is 0 Å². The van der Waals surface area contributed by atoms with Gasteiger partial charge in [-0.25, -0.2) is 0 Å². The maximum atomic E-state index is 12.3. The first kappa shape index (κ1) is 14.8. The molecule has 0 aliphatic heterocycles. The molecule has 0 aromatic heterocycles. The van der Waals surface area contributed by atoms with Crippen LogP contribution in [0, 0.1) is 0 Å². The van der Waals surface area contributed by atoms with Gasteiger partial charge in [0, 0.05) is 5.56 Å². The lowest BCUT2D eigenvalue weighted by Gasteiger charge is -2.01. The molecule has 0 fully saturated rings. The second kappa shape index (κ2) is 6.35. The van der Waals surface area contributed by atoms with Crippen LogP contribution < -0.4 is 0 Å². The van der Waals surface area contributed by atoms with E-state index in [0.717, 1.165) is 16.3 Å². The van der Waals surface area contributed by atoms with Crippen LogP contribution in [0.4, 0.5) is 0 Å². The molecule has 0 saturated carbocycles. The summed E-state index contributed by atoms with van der Waals surface area (Å²) in [6, 6.07) is 18.9. The number of hydrogen-bond donors (Lipinski definition) is 0. The Balaban J connectivity index is 1.85. The molecule has 0 amide bonds. The smallest absolute Gasteiger partial charge is 0.185 e. The van der Waals surface area contributed by atoms with Gasteiger partial charge in [0.15, 0.2) is 5.78 Å². The van der Waals surface area contributed by atoms with E-state index in [1.165, 1.54) is 0 Å². The van der Waals surface area contributed by atoms with Crippen LogP contribution in [-0.4, -0.2) is 5.78 Å². The summed E-state index contributed by atoms with van der Waals surface area (Å²) in [6.45, 7) is 0. The van der Waals surface area contributed by atoms with Crippen molar-refractivity contribution in [3.05, 3.63) is 87.9 Å². The third kappa shape index (κ3) is 3.22. The number of halogens is 2. The van der Waals surface area contributed by atoms with Crippen LogP contribution in [0.3, 0.4) is 0 Å². The molecule has 3 aromatic carbocycles. The molecule has 0 saturated heterocycles. The summed E-state index contributed by atoms with van der Waals surface area (Å²) in [5.41, 5.74) is 1.50. The van der Waals surface area contributed by atoms with E-state index >= 15 is 0 Å². The molecule has 0 radical (unpaired) electrons. The summed E-state index contributed by atoms with van der Waals surface area (Å²) in [5.74, 6) is -0.0446. The molecule has 0 aliphatic rings. The standard InChI is InChI=1S/C19H12Cl2O/c20-17-9-5-13(11-18(17)21)6-10-19(22)16-8-7-14-3-1-2-4-15(14)12-16/h1-12H/b10-6+. The maximum Gasteiger partial charge on any atom is 0.185 e. The van der Waals surface area contributed by atoms with Crippen LogP contribution in [0.25, 0.3) is 16.8 Å². The number of benzene rings is 3. The molecule has 3 heteroatoms. The Labute approximate surface area is 138 Å². The fourth-order valence-electron chi connectivity index (χ4n) is 2.23. The SMILES string of the molecule is O=C(/C=C/c1ccc(Cl)c(Cl)c1)c1ccc2ccccc2c1. The quantitative estimate of drug-likeness (QED) is 0.423. The molecule has 0 N–H and O–H groups in total. The van der Waals surface area contributed by atoms with Gasteiger partial charge in [0.2, 0.25) is 0 Å². The number of carbonyl (C=O) groups is 1. The highest BCUT2D eigenvalue weighted by atomic mass is 35.5. The predicted molar refractivity (Wildman–Crippen MR) is 93.8 cm³/mol. The fraction of sp³-hybridized carbons (Fsp3) is 0. The minimum Gasteiger partial charge on any atom is -0.289 e. The summed E-state index contributed by atoms with van der Waals surface area (Å²) in [6.07, 6.45) is 3.28. The van der Waals surface area contributed by atoms with Gasteiger partial charge in [0.1, 0.15) is 0 Å². The van der Waals surface area contributed by atoms with Gasteiger partial charge in [-0.2, -0.15) is 0 Å². The zero-order chi connectivity index (χ0) is 15.5. The van der Waals surface area contributed by atoms with Crippen LogP contribution >= 0.6 is 23.2 Å². The molecule has 3 aromatic rings. The first-order valence-corrected chi connectivity index (χ1v) is 7.55. The molecule has 0 bridgehead atoms. The summed E-state index contributed by atoms with van der Waals surface area (Å²) in [5, 5.41) is 3.14. The zero-order valence-electron chi connectivity index (χ0n) is 11.6. The topological polar surface area (TPSA) is 17.1 Å². The van der Waals surface area contributed by atoms with Crippen molar-refractivity contribution in [3.63, 3.8) is 0 Å². The van der Waals surface area contributed by atoms with Crippen LogP contribution in [-0.2, 0) is 0 Å². The summed E-state index contributed by atoms with van der Waals surface area (Å²) >= 11 is 11.8. The van der Waals surface area contributed by atoms with E-state index in [2.05, 4.69) is 0 Å². The molecule has 3 rings (SSSR count). The lowest BCUT2D eigenvalue weighted by Crippen LogP contribution is -1.93. The first-order chi connectivity index (χ1) is 10.6. The molecule has 0 heterocycles. The molecule has 0 atom stereocenters. The van der Waals surface area contributed by atoms with E-state index in [4.69, 9.17) is 23.2 Å². The molecule has 0 unspecified atom stereocenters. The molecular formula is C19H12Cl2O. The van der Waals surface area contributed by atoms with E-state index in [1.54, 1.807) is 24.3 Å². The van der Waals surface area contributed by atoms with Gasteiger partial charge in [-0.3, -0.25) is 4.79 Å². The van der Waals surface area contributed by atoms with Crippen molar-refractivity contribution in [1.82, 2.24) is 0 Å². The van der Waals surface area contributed by atoms with Crippen molar-refractivity contribution in [2.24, 2.45) is 0 Å². The highest BCUT2D eigenvalue weighted by molar-refractivity contribution is 6.42. The van der Waals surface area contributed by atoms with Gasteiger partial charge in [0.25, 0.3) is 0 Å². The van der Waals surface area contributed by atoms with Crippen molar-refractivity contribution in [2.45, 2.75) is 0 Å². The number of hydrogen-bond acceptors (Lipinski definition) is 1. The van der Waals surface area contributed by atoms with Crippen LogP contribution in [0.1, 0.15) is 15.9 Å². The van der Waals surface area contributed by atoms with Crippen molar-refractivity contribution < 1.29 is 4.79 Å². The van der Waals surface area contributed by atoms with Crippen molar-refractivity contribution in [2.75, 3.05) is 0 Å². The molecule has 0 aliphatic carbocycles. The lowest BCUT2D eigenvalue weighted by atomic mass is 10.0. The molecule has 22 heavy (non-hydrogen) atoms. The van der Waals surface area contributed by atoms with Gasteiger partial charge < -0.3 is 0 Å². The monoisotopic (exact) mass is 326 g/mol. The second-order valence-corrected chi connectivity index (χ2v) is 5.75. The van der Waals surface area contributed by atoms with Gasteiger partial charge >= 0.3 is 0 Å². The highest BCUT2D eigenvalue weighted by Crippen LogP contribution is 2.23. The van der Waals surface area contributed by atoms with Crippen molar-refractivity contribution in [3.8, 4) is 0 Å². The third-order valence-electron chi connectivity index (χ3n) is 3.40. The number of allylic oxidation sites excluding steroid dienone is 1. The molecule has 1 nitrogen and oxygen atoms in total. The minimum absolute atomic E-state index is 0.0446. The van der Waals surface area contributed by atoms with Gasteiger partial charge in [0.05, 0.1) is 10.0 Å². The second-order valence-electron chi connectivity index (χ2n) is 4.93. The average molecular weight is 327 g/mol. The summed E-state index contributed by atoms with van der Waals surface area (Å²) in [7, 11) is 0. The zero-order valence-corrected chi connectivity index (χ0v) is 13.1. The van der Waals surface area contributed by atoms with E-state index in [9.17, 15) is 4.79 Å².